The van der Waals surface area contributed by atoms with Gasteiger partial charge < -0.3 is 10.1 Å². The monoisotopic (exact) mass is 267 g/mol. The molecule has 0 amide bonds. The number of nitrogens with one attached hydrogen (secondary N) is 1. The van der Waals surface area contributed by atoms with Gasteiger partial charge in [0.2, 0.25) is 5.43 Å². The van der Waals surface area contributed by atoms with Crippen molar-refractivity contribution < 1.29 is 9.90 Å². The Morgan fingerprint density at radius 1 is 1.33 bits per heavy atom. The highest BCUT2D eigenvalue weighted by molar-refractivity contribution is 6.32. The van der Waals surface area contributed by atoms with Crippen molar-refractivity contribution in [3.8, 4) is 0 Å². The van der Waals surface area contributed by atoms with Gasteiger partial charge in [-0.2, -0.15) is 0 Å². The van der Waals surface area contributed by atoms with Gasteiger partial charge in [0, 0.05) is 16.6 Å². The highest BCUT2D eigenvalue weighted by atomic mass is 35.5. The van der Waals surface area contributed by atoms with Gasteiger partial charge in [-0.1, -0.05) is 25.4 Å². The Bertz CT molecular complexity index is 646. The maximum Gasteiger partial charge on any atom is 0.341 e. The van der Waals surface area contributed by atoms with Gasteiger partial charge in [0.05, 0.1) is 5.52 Å². The van der Waals surface area contributed by atoms with Gasteiger partial charge in [0.15, 0.2) is 0 Å². The quantitative estimate of drug-likeness (QED) is 0.833. The Morgan fingerprint density at radius 3 is 2.50 bits per heavy atom. The lowest BCUT2D eigenvalue weighted by Gasteiger charge is -2.03. The van der Waals surface area contributed by atoms with Gasteiger partial charge in [-0.25, -0.2) is 4.79 Å². The summed E-state index contributed by atoms with van der Waals surface area (Å²) in [7, 11) is 0. The summed E-state index contributed by atoms with van der Waals surface area (Å²) in [4.78, 5) is 25.3. The first kappa shape index (κ1) is 14.3. The van der Waals surface area contributed by atoms with E-state index >= 15 is 0 Å². The minimum Gasteiger partial charge on any atom is -0.477 e. The van der Waals surface area contributed by atoms with Crippen LogP contribution >= 0.6 is 11.6 Å². The second-order valence-electron chi connectivity index (χ2n) is 3.48. The summed E-state index contributed by atoms with van der Waals surface area (Å²) < 4.78 is 0. The van der Waals surface area contributed by atoms with E-state index in [1.807, 2.05) is 13.8 Å². The summed E-state index contributed by atoms with van der Waals surface area (Å²) in [6.07, 6.45) is 1.18. The van der Waals surface area contributed by atoms with Crippen molar-refractivity contribution in [1.29, 1.82) is 0 Å². The standard InChI is InChI=1S/C11H8ClNO3.C2H6/c1-5-2-6-9(3-8(5)12)13-4-7(10(6)14)11(15)16;1-2/h2-4H,1H3,(H,13,14)(H,15,16);1-2H3. The van der Waals surface area contributed by atoms with Gasteiger partial charge in [-0.15, -0.1) is 0 Å². The number of aryl methyl sites for hydroxylation is 1. The Labute approximate surface area is 109 Å². The molecule has 0 radical (unpaired) electrons. The molecule has 0 spiro atoms. The molecule has 0 saturated carbocycles. The van der Waals surface area contributed by atoms with Gasteiger partial charge in [-0.05, 0) is 24.6 Å². The predicted molar refractivity (Wildman–Crippen MR) is 72.6 cm³/mol. The number of hydrogen-bond acceptors (Lipinski definition) is 2. The molecule has 0 unspecified atom stereocenters. The fourth-order valence-electron chi connectivity index (χ4n) is 1.51. The molecule has 1 aromatic carbocycles. The molecule has 2 rings (SSSR count). The zero-order chi connectivity index (χ0) is 13.9. The molecular formula is C13H14ClNO3. The average molecular weight is 268 g/mol. The van der Waals surface area contributed by atoms with Crippen LogP contribution in [0.15, 0.2) is 23.1 Å². The molecule has 96 valence electrons. The molecule has 4 nitrogen and oxygen atoms in total. The van der Waals surface area contributed by atoms with Gasteiger partial charge in [0.1, 0.15) is 5.56 Å². The van der Waals surface area contributed by atoms with Crippen molar-refractivity contribution in [2.75, 3.05) is 0 Å². The average Bonchev–Trinajstić information content (AvgIpc) is 2.34. The lowest BCUT2D eigenvalue weighted by atomic mass is 10.1. The third kappa shape index (κ3) is 2.54. The summed E-state index contributed by atoms with van der Waals surface area (Å²) >= 11 is 5.90. The molecule has 0 aliphatic rings. The first-order valence-corrected chi connectivity index (χ1v) is 5.93. The number of hydrogen-bond donors (Lipinski definition) is 2. The lowest BCUT2D eigenvalue weighted by Crippen LogP contribution is -2.15. The molecular weight excluding hydrogens is 254 g/mol. The topological polar surface area (TPSA) is 70.2 Å². The van der Waals surface area contributed by atoms with E-state index < -0.39 is 11.4 Å². The second kappa shape index (κ2) is 5.69. The summed E-state index contributed by atoms with van der Waals surface area (Å²) in [5.41, 5.74) is 0.503. The number of halogens is 1. The van der Waals surface area contributed by atoms with Crippen LogP contribution in [-0.4, -0.2) is 16.1 Å². The number of aromatic carboxylic acids is 1. The van der Waals surface area contributed by atoms with Gasteiger partial charge in [-0.3, -0.25) is 4.79 Å². The van der Waals surface area contributed by atoms with Crippen LogP contribution in [0, 0.1) is 6.92 Å². The Kier molecular flexibility index (Phi) is 4.50. The van der Waals surface area contributed by atoms with Crippen LogP contribution < -0.4 is 5.43 Å². The Balaban J connectivity index is 0.000000771. The van der Waals surface area contributed by atoms with Crippen LogP contribution in [-0.2, 0) is 0 Å². The van der Waals surface area contributed by atoms with Crippen LogP contribution in [0.5, 0.6) is 0 Å². The fraction of sp³-hybridized carbons (Fsp3) is 0.231. The minimum atomic E-state index is -1.24. The summed E-state index contributed by atoms with van der Waals surface area (Å²) in [6.45, 7) is 5.76. The number of fused-ring (bicyclic) bond motifs is 1. The Hall–Kier alpha value is -1.81. The molecule has 0 aliphatic carbocycles. The lowest BCUT2D eigenvalue weighted by molar-refractivity contribution is 0.0695. The summed E-state index contributed by atoms with van der Waals surface area (Å²) in [5.74, 6) is -1.24. The van der Waals surface area contributed by atoms with Crippen molar-refractivity contribution >= 4 is 28.5 Å². The van der Waals surface area contributed by atoms with E-state index in [4.69, 9.17) is 16.7 Å². The van der Waals surface area contributed by atoms with Gasteiger partial charge in [0.25, 0.3) is 0 Å². The number of benzene rings is 1. The highest BCUT2D eigenvalue weighted by Gasteiger charge is 2.12. The summed E-state index contributed by atoms with van der Waals surface area (Å²) in [6, 6.07) is 3.20. The Morgan fingerprint density at radius 2 is 1.94 bits per heavy atom. The molecule has 5 heteroatoms. The predicted octanol–water partition coefficient (Wildman–Crippen LogP) is 3.21. The van der Waals surface area contributed by atoms with Crippen molar-refractivity contribution in [2.24, 2.45) is 0 Å². The first-order chi connectivity index (χ1) is 8.50. The van der Waals surface area contributed by atoms with Crippen LogP contribution in [0.2, 0.25) is 5.02 Å². The number of pyridine rings is 1. The SMILES string of the molecule is CC.Cc1cc2c(=O)c(C(=O)O)c[nH]c2cc1Cl. The van der Waals surface area contributed by atoms with Crippen LogP contribution in [0.3, 0.4) is 0 Å². The van der Waals surface area contributed by atoms with Crippen LogP contribution in [0.4, 0.5) is 0 Å². The molecule has 0 atom stereocenters. The van der Waals surface area contributed by atoms with Crippen molar-refractivity contribution in [3.63, 3.8) is 0 Å². The zero-order valence-corrected chi connectivity index (χ0v) is 11.1. The number of aromatic amines is 1. The molecule has 18 heavy (non-hydrogen) atoms. The third-order valence-electron chi connectivity index (χ3n) is 2.39. The van der Waals surface area contributed by atoms with Gasteiger partial charge >= 0.3 is 5.97 Å². The largest absolute Gasteiger partial charge is 0.477 e. The van der Waals surface area contributed by atoms with E-state index in [1.54, 1.807) is 19.1 Å². The first-order valence-electron chi connectivity index (χ1n) is 5.55. The van der Waals surface area contributed by atoms with E-state index in [0.717, 1.165) is 5.56 Å². The zero-order valence-electron chi connectivity index (χ0n) is 10.4. The number of H-pyrrole nitrogens is 1. The van der Waals surface area contributed by atoms with E-state index in [1.165, 1.54) is 6.20 Å². The van der Waals surface area contributed by atoms with Crippen molar-refractivity contribution in [3.05, 3.63) is 44.7 Å². The van der Waals surface area contributed by atoms with Crippen LogP contribution in [0.1, 0.15) is 29.8 Å². The third-order valence-corrected chi connectivity index (χ3v) is 2.80. The molecule has 0 aliphatic heterocycles. The number of carboxylic acids is 1. The molecule has 0 saturated heterocycles. The van der Waals surface area contributed by atoms with Crippen molar-refractivity contribution in [1.82, 2.24) is 4.98 Å². The number of carboxylic acid groups (broad SMARTS) is 1. The smallest absolute Gasteiger partial charge is 0.341 e. The van der Waals surface area contributed by atoms with E-state index in [2.05, 4.69) is 4.98 Å². The fourth-order valence-corrected chi connectivity index (χ4v) is 1.67. The molecule has 2 N–H and O–H groups in total. The molecule has 1 heterocycles. The number of aromatic nitrogens is 1. The maximum absolute atomic E-state index is 11.8. The van der Waals surface area contributed by atoms with E-state index in [0.29, 0.717) is 15.9 Å². The molecule has 0 bridgehead atoms. The molecule has 0 fully saturated rings. The van der Waals surface area contributed by atoms with E-state index in [9.17, 15) is 9.59 Å². The normalized spacial score (nSPS) is 9.78. The molecule has 2 aromatic rings. The van der Waals surface area contributed by atoms with Crippen molar-refractivity contribution in [2.45, 2.75) is 20.8 Å². The minimum absolute atomic E-state index is 0.269. The van der Waals surface area contributed by atoms with E-state index in [-0.39, 0.29) is 5.56 Å². The second-order valence-corrected chi connectivity index (χ2v) is 3.89. The highest BCUT2D eigenvalue weighted by Crippen LogP contribution is 2.20. The van der Waals surface area contributed by atoms with Crippen LogP contribution in [0.25, 0.3) is 10.9 Å². The summed E-state index contributed by atoms with van der Waals surface area (Å²) in [5, 5.41) is 9.67. The maximum atomic E-state index is 11.8. The number of carbonyl (C=O) groups is 1. The molecule has 1 aromatic heterocycles. The number of rotatable bonds is 1.